The van der Waals surface area contributed by atoms with Crippen molar-refractivity contribution in [2.75, 3.05) is 19.8 Å². The van der Waals surface area contributed by atoms with Gasteiger partial charge in [-0.2, -0.15) is 0 Å². The molecule has 0 bridgehead atoms. The zero-order valence-corrected chi connectivity index (χ0v) is 13.0. The first-order valence-corrected chi connectivity index (χ1v) is 7.91. The maximum atomic E-state index is 11.7. The maximum absolute atomic E-state index is 11.7. The summed E-state index contributed by atoms with van der Waals surface area (Å²) >= 11 is 0. The van der Waals surface area contributed by atoms with Gasteiger partial charge < -0.3 is 9.47 Å². The van der Waals surface area contributed by atoms with Crippen LogP contribution < -0.4 is 5.30 Å². The van der Waals surface area contributed by atoms with Crippen molar-refractivity contribution in [2.45, 2.75) is 12.8 Å². The molecule has 118 valence electrons. The first kappa shape index (κ1) is 18.0. The first-order chi connectivity index (χ1) is 10.6. The molecule has 1 unspecified atom stereocenters. The van der Waals surface area contributed by atoms with Crippen molar-refractivity contribution in [3.63, 3.8) is 0 Å². The topological polar surface area (TPSA) is 78.9 Å². The molecule has 0 aliphatic rings. The Bertz CT molecular complexity index is 514. The first-order valence-electron chi connectivity index (χ1n) is 6.73. The fourth-order valence-corrected chi connectivity index (χ4v) is 2.21. The Balaban J connectivity index is 2.07. The molecule has 6 nitrogen and oxygen atoms in total. The van der Waals surface area contributed by atoms with E-state index in [1.807, 2.05) is 6.07 Å². The van der Waals surface area contributed by atoms with Crippen LogP contribution in [0.15, 0.2) is 43.0 Å². The van der Waals surface area contributed by atoms with Gasteiger partial charge in [-0.15, -0.1) is 4.52 Å². The van der Waals surface area contributed by atoms with Crippen LogP contribution in [0.1, 0.15) is 12.8 Å². The Morgan fingerprint density at radius 1 is 1.09 bits per heavy atom. The van der Waals surface area contributed by atoms with Gasteiger partial charge in [-0.1, -0.05) is 24.8 Å². The summed E-state index contributed by atoms with van der Waals surface area (Å²) in [5.74, 6) is -0.962. The quantitative estimate of drug-likeness (QED) is 0.284. The van der Waals surface area contributed by atoms with Crippen LogP contribution in [0.3, 0.4) is 0 Å². The highest BCUT2D eigenvalue weighted by Crippen LogP contribution is 2.21. The zero-order chi connectivity index (χ0) is 16.2. The molecule has 0 aliphatic heterocycles. The van der Waals surface area contributed by atoms with E-state index in [-0.39, 0.29) is 26.2 Å². The number of benzene rings is 1. The number of rotatable bonds is 10. The second kappa shape index (κ2) is 10.7. The molecule has 0 spiro atoms. The predicted octanol–water partition coefficient (Wildman–Crippen LogP) is 2.12. The Morgan fingerprint density at radius 3 is 2.45 bits per heavy atom. The van der Waals surface area contributed by atoms with Gasteiger partial charge in [0, 0.05) is 12.5 Å². The van der Waals surface area contributed by atoms with Crippen LogP contribution in [0.5, 0.6) is 0 Å². The Morgan fingerprint density at radius 2 is 1.77 bits per heavy atom. The van der Waals surface area contributed by atoms with Crippen LogP contribution in [0, 0.1) is 0 Å². The molecule has 0 aromatic heterocycles. The van der Waals surface area contributed by atoms with Crippen molar-refractivity contribution in [3.8, 4) is 0 Å². The fraction of sp³-hybridized carbons (Fsp3) is 0.333. The highest BCUT2D eigenvalue weighted by atomic mass is 31.1. The smallest absolute Gasteiger partial charge is 0.465 e. The number of carbonyl (C=O) groups is 2. The normalized spacial score (nSPS) is 10.6. The summed E-state index contributed by atoms with van der Waals surface area (Å²) in [6.45, 7) is 3.59. The number of carbonyl (C=O) groups excluding carboxylic acids is 2. The van der Waals surface area contributed by atoms with Gasteiger partial charge in [-0.25, -0.2) is 4.79 Å². The molecular weight excluding hydrogens is 307 g/mol. The summed E-state index contributed by atoms with van der Waals surface area (Å²) in [7, 11) is -1.96. The van der Waals surface area contributed by atoms with E-state index in [0.29, 0.717) is 11.7 Å². The SMILES string of the molecule is C=CC(=O)OCCCOC(=O)CCO[P+](=O)c1ccccc1. The monoisotopic (exact) mass is 325 g/mol. The van der Waals surface area contributed by atoms with Gasteiger partial charge in [0.15, 0.2) is 0 Å². The second-order valence-electron chi connectivity index (χ2n) is 4.12. The zero-order valence-electron chi connectivity index (χ0n) is 12.1. The lowest BCUT2D eigenvalue weighted by molar-refractivity contribution is -0.145. The summed E-state index contributed by atoms with van der Waals surface area (Å²) in [6.07, 6.45) is 1.49. The molecule has 0 radical (unpaired) electrons. The van der Waals surface area contributed by atoms with Gasteiger partial charge in [0.1, 0.15) is 6.61 Å². The van der Waals surface area contributed by atoms with E-state index in [0.717, 1.165) is 6.08 Å². The van der Waals surface area contributed by atoms with Gasteiger partial charge in [0.2, 0.25) is 5.30 Å². The van der Waals surface area contributed by atoms with Crippen molar-refractivity contribution >= 4 is 25.3 Å². The molecule has 0 amide bonds. The summed E-state index contributed by atoms with van der Waals surface area (Å²) < 4.78 is 26.5. The number of ether oxygens (including phenoxy) is 2. The second-order valence-corrected chi connectivity index (χ2v) is 5.41. The number of hydrogen-bond acceptors (Lipinski definition) is 6. The summed E-state index contributed by atoms with van der Waals surface area (Å²) in [4.78, 5) is 22.1. The predicted molar refractivity (Wildman–Crippen MR) is 81.0 cm³/mol. The molecule has 0 saturated carbocycles. The lowest BCUT2D eigenvalue weighted by atomic mass is 10.4. The molecule has 1 rings (SSSR count). The molecule has 0 fully saturated rings. The average Bonchev–Trinajstić information content (AvgIpc) is 2.55. The third-order valence-electron chi connectivity index (χ3n) is 2.44. The molecule has 1 atom stereocenters. The van der Waals surface area contributed by atoms with E-state index in [1.54, 1.807) is 24.3 Å². The third kappa shape index (κ3) is 7.67. The highest BCUT2D eigenvalue weighted by molar-refractivity contribution is 7.48. The Labute approximate surface area is 129 Å². The van der Waals surface area contributed by atoms with Gasteiger partial charge >= 0.3 is 20.0 Å². The summed E-state index contributed by atoms with van der Waals surface area (Å²) in [5.41, 5.74) is 0. The van der Waals surface area contributed by atoms with Crippen molar-refractivity contribution in [1.82, 2.24) is 0 Å². The third-order valence-corrected chi connectivity index (χ3v) is 3.58. The van der Waals surface area contributed by atoms with E-state index in [2.05, 4.69) is 6.58 Å². The van der Waals surface area contributed by atoms with Crippen molar-refractivity contribution in [1.29, 1.82) is 0 Å². The van der Waals surface area contributed by atoms with Crippen molar-refractivity contribution < 1.29 is 28.2 Å². The molecule has 1 aromatic rings. The van der Waals surface area contributed by atoms with Crippen LogP contribution in [-0.2, 0) is 28.2 Å². The maximum Gasteiger partial charge on any atom is 0.548 e. The Kier molecular flexibility index (Phi) is 8.72. The average molecular weight is 325 g/mol. The van der Waals surface area contributed by atoms with Gasteiger partial charge in [-0.05, 0) is 16.7 Å². The molecule has 0 aliphatic carbocycles. The molecule has 0 saturated heterocycles. The summed E-state index contributed by atoms with van der Waals surface area (Å²) in [5, 5.41) is 0.579. The summed E-state index contributed by atoms with van der Waals surface area (Å²) in [6, 6.07) is 8.73. The molecular formula is C15H18O6P+. The van der Waals surface area contributed by atoms with E-state index in [4.69, 9.17) is 14.0 Å². The molecule has 22 heavy (non-hydrogen) atoms. The molecule has 0 heterocycles. The highest BCUT2D eigenvalue weighted by Gasteiger charge is 2.21. The largest absolute Gasteiger partial charge is 0.548 e. The minimum absolute atomic E-state index is 0.0142. The number of esters is 2. The molecule has 7 heteroatoms. The van der Waals surface area contributed by atoms with E-state index >= 15 is 0 Å². The van der Waals surface area contributed by atoms with E-state index < -0.39 is 20.0 Å². The van der Waals surface area contributed by atoms with Gasteiger partial charge in [0.25, 0.3) is 0 Å². The van der Waals surface area contributed by atoms with Gasteiger partial charge in [-0.3, -0.25) is 4.79 Å². The van der Waals surface area contributed by atoms with Crippen LogP contribution in [0.4, 0.5) is 0 Å². The lowest BCUT2D eigenvalue weighted by Crippen LogP contribution is -2.11. The van der Waals surface area contributed by atoms with E-state index in [9.17, 15) is 14.2 Å². The van der Waals surface area contributed by atoms with Gasteiger partial charge in [0.05, 0.1) is 19.6 Å². The number of hydrogen-bond donors (Lipinski definition) is 0. The van der Waals surface area contributed by atoms with Crippen molar-refractivity contribution in [3.05, 3.63) is 43.0 Å². The van der Waals surface area contributed by atoms with E-state index in [1.165, 1.54) is 0 Å². The fourth-order valence-electron chi connectivity index (χ4n) is 1.38. The van der Waals surface area contributed by atoms with Crippen LogP contribution in [0.25, 0.3) is 0 Å². The standard InChI is InChI=1S/C15H18O6P/c1-2-14(16)19-10-6-11-20-15(17)9-12-21-22(18)13-7-4-3-5-8-13/h2-5,7-8H,1,6,9-12H2/q+1. The van der Waals surface area contributed by atoms with Crippen LogP contribution in [0.2, 0.25) is 0 Å². The minimum atomic E-state index is -1.96. The van der Waals surface area contributed by atoms with Crippen molar-refractivity contribution in [2.24, 2.45) is 0 Å². The molecule has 1 aromatic carbocycles. The lowest BCUT2D eigenvalue weighted by Gasteiger charge is -2.03. The minimum Gasteiger partial charge on any atom is -0.465 e. The van der Waals surface area contributed by atoms with Crippen LogP contribution >= 0.6 is 8.03 Å². The Hall–Kier alpha value is -2.04. The van der Waals surface area contributed by atoms with Crippen LogP contribution in [-0.4, -0.2) is 31.8 Å². The molecule has 0 N–H and O–H groups in total.